The largest absolute Gasteiger partial charge is 0.402 e. The zero-order valence-electron chi connectivity index (χ0n) is 5.60. The molecule has 0 aromatic rings. The Labute approximate surface area is 50.1 Å². The highest BCUT2D eigenvalue weighted by Crippen LogP contribution is 1.90. The summed E-state index contributed by atoms with van der Waals surface area (Å²) in [5.74, 6) is 0. The van der Waals surface area contributed by atoms with E-state index in [4.69, 9.17) is 5.73 Å². The van der Waals surface area contributed by atoms with Crippen LogP contribution in [0.25, 0.3) is 0 Å². The molecule has 0 fully saturated rings. The van der Waals surface area contributed by atoms with Crippen LogP contribution in [0.5, 0.6) is 0 Å². The van der Waals surface area contributed by atoms with Crippen molar-refractivity contribution in [3.05, 3.63) is 11.3 Å². The van der Waals surface area contributed by atoms with Gasteiger partial charge in [0.15, 0.2) is 0 Å². The van der Waals surface area contributed by atoms with Crippen molar-refractivity contribution in [2.75, 3.05) is 7.05 Å². The molecule has 0 radical (unpaired) electrons. The summed E-state index contributed by atoms with van der Waals surface area (Å²) < 4.78 is 0. The van der Waals surface area contributed by atoms with E-state index >= 15 is 0 Å². The molecule has 0 saturated heterocycles. The van der Waals surface area contributed by atoms with Gasteiger partial charge in [0.2, 0.25) is 0 Å². The summed E-state index contributed by atoms with van der Waals surface area (Å²) in [4.78, 5) is 3.79. The van der Waals surface area contributed by atoms with Crippen molar-refractivity contribution in [1.82, 2.24) is 0 Å². The maximum absolute atomic E-state index is 5.41. The number of allylic oxidation sites excluding steroid dienone is 2. The lowest BCUT2D eigenvalue weighted by atomic mass is 10.3. The Morgan fingerprint density at radius 3 is 2.12 bits per heavy atom. The first kappa shape index (κ1) is 7.21. The van der Waals surface area contributed by atoms with Gasteiger partial charge in [-0.05, 0) is 19.4 Å². The minimum atomic E-state index is 0.829. The first-order chi connectivity index (χ1) is 3.68. The van der Waals surface area contributed by atoms with Crippen LogP contribution in [-0.4, -0.2) is 13.3 Å². The maximum atomic E-state index is 5.41. The van der Waals surface area contributed by atoms with Gasteiger partial charge >= 0.3 is 0 Å². The molecule has 46 valence electrons. The lowest BCUT2D eigenvalue weighted by Crippen LogP contribution is -1.95. The number of nitrogens with two attached hydrogens (primary N) is 1. The third-order valence-electron chi connectivity index (χ3n) is 0.945. The Balaban J connectivity index is 4.00. The van der Waals surface area contributed by atoms with E-state index in [2.05, 4.69) is 4.99 Å². The first-order valence-corrected chi connectivity index (χ1v) is 2.53. The SMILES string of the molecule is C/N=C\C(C)=C(/C)N. The van der Waals surface area contributed by atoms with E-state index < -0.39 is 0 Å². The second kappa shape index (κ2) is 3.24. The van der Waals surface area contributed by atoms with Gasteiger partial charge in [0.25, 0.3) is 0 Å². The molecule has 0 aromatic heterocycles. The van der Waals surface area contributed by atoms with Gasteiger partial charge < -0.3 is 5.73 Å². The van der Waals surface area contributed by atoms with Gasteiger partial charge in [0.05, 0.1) is 0 Å². The van der Waals surface area contributed by atoms with E-state index in [0.29, 0.717) is 0 Å². The normalized spacial score (nSPS) is 14.4. The van der Waals surface area contributed by atoms with Crippen molar-refractivity contribution in [1.29, 1.82) is 0 Å². The highest BCUT2D eigenvalue weighted by atomic mass is 14.6. The Kier molecular flexibility index (Phi) is 2.92. The molecule has 0 aliphatic rings. The van der Waals surface area contributed by atoms with Gasteiger partial charge in [-0.3, -0.25) is 4.99 Å². The van der Waals surface area contributed by atoms with E-state index in [9.17, 15) is 0 Å². The number of rotatable bonds is 1. The summed E-state index contributed by atoms with van der Waals surface area (Å²) in [6.45, 7) is 3.79. The van der Waals surface area contributed by atoms with Crippen molar-refractivity contribution in [2.24, 2.45) is 10.7 Å². The second-order valence-electron chi connectivity index (χ2n) is 1.75. The third kappa shape index (κ3) is 2.39. The molecule has 0 aliphatic carbocycles. The van der Waals surface area contributed by atoms with Crippen LogP contribution >= 0.6 is 0 Å². The highest BCUT2D eigenvalue weighted by molar-refractivity contribution is 5.78. The summed E-state index contributed by atoms with van der Waals surface area (Å²) in [5, 5.41) is 0. The minimum Gasteiger partial charge on any atom is -0.402 e. The average Bonchev–Trinajstić information content (AvgIpc) is 1.67. The summed E-state index contributed by atoms with van der Waals surface area (Å²) in [7, 11) is 1.73. The molecular formula is C6H12N2. The molecule has 2 N–H and O–H groups in total. The van der Waals surface area contributed by atoms with Gasteiger partial charge in [-0.2, -0.15) is 0 Å². The van der Waals surface area contributed by atoms with E-state index in [1.165, 1.54) is 0 Å². The van der Waals surface area contributed by atoms with Crippen LogP contribution in [0.1, 0.15) is 13.8 Å². The average molecular weight is 112 g/mol. The molecule has 0 amide bonds. The minimum absolute atomic E-state index is 0.829. The molecule has 0 aliphatic heterocycles. The Morgan fingerprint density at radius 1 is 1.50 bits per heavy atom. The summed E-state index contributed by atoms with van der Waals surface area (Å²) in [5.41, 5.74) is 7.27. The fraction of sp³-hybridized carbons (Fsp3) is 0.500. The smallest absolute Gasteiger partial charge is 0.0277 e. The molecule has 0 heterocycles. The van der Waals surface area contributed by atoms with Crippen molar-refractivity contribution < 1.29 is 0 Å². The number of aliphatic imine (C=N–C) groups is 1. The lowest BCUT2D eigenvalue weighted by molar-refractivity contribution is 1.26. The van der Waals surface area contributed by atoms with Crippen molar-refractivity contribution >= 4 is 6.21 Å². The van der Waals surface area contributed by atoms with E-state index in [-0.39, 0.29) is 0 Å². The fourth-order valence-electron chi connectivity index (χ4n) is 0.295. The molecule has 0 atom stereocenters. The van der Waals surface area contributed by atoms with Crippen LogP contribution in [0.15, 0.2) is 16.3 Å². The molecule has 0 bridgehead atoms. The monoisotopic (exact) mass is 112 g/mol. The van der Waals surface area contributed by atoms with Gasteiger partial charge in [-0.15, -0.1) is 0 Å². The van der Waals surface area contributed by atoms with Crippen LogP contribution in [-0.2, 0) is 0 Å². The topological polar surface area (TPSA) is 38.4 Å². The molecule has 2 heteroatoms. The molecule has 0 spiro atoms. The van der Waals surface area contributed by atoms with Crippen LogP contribution in [0.3, 0.4) is 0 Å². The Morgan fingerprint density at radius 2 is 2.00 bits per heavy atom. The second-order valence-corrected chi connectivity index (χ2v) is 1.75. The van der Waals surface area contributed by atoms with Crippen molar-refractivity contribution in [3.63, 3.8) is 0 Å². The Hall–Kier alpha value is -0.790. The van der Waals surface area contributed by atoms with Gasteiger partial charge in [-0.25, -0.2) is 0 Å². The summed E-state index contributed by atoms with van der Waals surface area (Å²) >= 11 is 0. The van der Waals surface area contributed by atoms with E-state index in [1.54, 1.807) is 13.3 Å². The molecule has 8 heavy (non-hydrogen) atoms. The van der Waals surface area contributed by atoms with Gasteiger partial charge in [0.1, 0.15) is 0 Å². The molecular weight excluding hydrogens is 100 g/mol. The fourth-order valence-corrected chi connectivity index (χ4v) is 0.295. The predicted octanol–water partition coefficient (Wildman–Crippen LogP) is 0.940. The van der Waals surface area contributed by atoms with E-state index in [0.717, 1.165) is 11.3 Å². The molecule has 2 nitrogen and oxygen atoms in total. The number of hydrogen-bond acceptors (Lipinski definition) is 2. The summed E-state index contributed by atoms with van der Waals surface area (Å²) in [6.07, 6.45) is 1.75. The zero-order valence-corrected chi connectivity index (χ0v) is 5.60. The quantitative estimate of drug-likeness (QED) is 0.504. The van der Waals surface area contributed by atoms with Crippen LogP contribution in [0.4, 0.5) is 0 Å². The van der Waals surface area contributed by atoms with Crippen molar-refractivity contribution in [2.45, 2.75) is 13.8 Å². The molecule has 0 aromatic carbocycles. The van der Waals surface area contributed by atoms with Crippen LogP contribution in [0.2, 0.25) is 0 Å². The van der Waals surface area contributed by atoms with Gasteiger partial charge in [-0.1, -0.05) is 0 Å². The number of hydrogen-bond donors (Lipinski definition) is 1. The van der Waals surface area contributed by atoms with Crippen LogP contribution < -0.4 is 5.73 Å². The van der Waals surface area contributed by atoms with Crippen molar-refractivity contribution in [3.8, 4) is 0 Å². The van der Waals surface area contributed by atoms with Crippen LogP contribution in [0, 0.1) is 0 Å². The van der Waals surface area contributed by atoms with Gasteiger partial charge in [0, 0.05) is 19.0 Å². The predicted molar refractivity (Wildman–Crippen MR) is 37.0 cm³/mol. The Bertz CT molecular complexity index is 118. The van der Waals surface area contributed by atoms with E-state index in [1.807, 2.05) is 13.8 Å². The standard InChI is InChI=1S/C6H12N2/c1-5(4-8-3)6(2)7/h4H,7H2,1-3H3/b6-5+,8-4-. The molecule has 0 saturated carbocycles. The molecule has 0 rings (SSSR count). The highest BCUT2D eigenvalue weighted by Gasteiger charge is 1.82. The zero-order chi connectivity index (χ0) is 6.57. The number of nitrogens with zero attached hydrogens (tertiary/aromatic N) is 1. The third-order valence-corrected chi connectivity index (χ3v) is 0.945. The first-order valence-electron chi connectivity index (χ1n) is 2.53. The maximum Gasteiger partial charge on any atom is 0.0277 e. The molecule has 0 unspecified atom stereocenters. The lowest BCUT2D eigenvalue weighted by Gasteiger charge is -1.91. The summed E-state index contributed by atoms with van der Waals surface area (Å²) in [6, 6.07) is 0.